The second-order valence-electron chi connectivity index (χ2n) is 2.66. The van der Waals surface area contributed by atoms with Crippen molar-refractivity contribution in [1.82, 2.24) is 5.16 Å². The van der Waals surface area contributed by atoms with Gasteiger partial charge in [0.1, 0.15) is 5.76 Å². The lowest BCUT2D eigenvalue weighted by Crippen LogP contribution is -1.86. The van der Waals surface area contributed by atoms with Crippen molar-refractivity contribution >= 4 is 11.6 Å². The maximum absolute atomic E-state index is 5.57. The molecule has 1 rings (SSSR count). The van der Waals surface area contributed by atoms with Gasteiger partial charge in [-0.05, 0) is 6.42 Å². The molecular formula is C8H12ClNO. The first-order valence-electron chi connectivity index (χ1n) is 3.79. The van der Waals surface area contributed by atoms with Crippen LogP contribution in [0.2, 0.25) is 0 Å². The second kappa shape index (κ2) is 3.77. The van der Waals surface area contributed by atoms with Gasteiger partial charge in [0.05, 0.1) is 11.6 Å². The molecule has 0 fully saturated rings. The lowest BCUT2D eigenvalue weighted by atomic mass is 10.1. The highest BCUT2D eigenvalue weighted by Crippen LogP contribution is 2.19. The molecule has 0 radical (unpaired) electrons. The van der Waals surface area contributed by atoms with E-state index in [0.29, 0.717) is 11.8 Å². The molecule has 1 aromatic rings. The van der Waals surface area contributed by atoms with Crippen LogP contribution in [0, 0.1) is 0 Å². The lowest BCUT2D eigenvalue weighted by molar-refractivity contribution is 0.359. The summed E-state index contributed by atoms with van der Waals surface area (Å²) in [4.78, 5) is 0. The Bertz CT molecular complexity index is 222. The average molecular weight is 174 g/mol. The second-order valence-corrected chi connectivity index (χ2v) is 2.93. The molecule has 0 aliphatic heterocycles. The van der Waals surface area contributed by atoms with Crippen molar-refractivity contribution < 1.29 is 4.52 Å². The molecule has 0 amide bonds. The zero-order valence-electron chi connectivity index (χ0n) is 6.80. The number of aromatic nitrogens is 1. The molecule has 0 saturated heterocycles. The Morgan fingerprint density at radius 1 is 1.73 bits per heavy atom. The van der Waals surface area contributed by atoms with Crippen molar-refractivity contribution in [2.24, 2.45) is 0 Å². The highest BCUT2D eigenvalue weighted by molar-refractivity contribution is 6.16. The molecule has 0 N–H and O–H groups in total. The number of hydrogen-bond acceptors (Lipinski definition) is 2. The molecule has 1 atom stereocenters. The van der Waals surface area contributed by atoms with Gasteiger partial charge < -0.3 is 4.52 Å². The average Bonchev–Trinajstić information content (AvgIpc) is 2.50. The Morgan fingerprint density at radius 3 is 2.91 bits per heavy atom. The van der Waals surface area contributed by atoms with Crippen molar-refractivity contribution in [3.8, 4) is 0 Å². The molecule has 0 saturated carbocycles. The molecule has 1 heterocycles. The molecular weight excluding hydrogens is 162 g/mol. The fourth-order valence-electron chi connectivity index (χ4n) is 0.825. The molecule has 1 aromatic heterocycles. The van der Waals surface area contributed by atoms with Gasteiger partial charge in [-0.3, -0.25) is 0 Å². The fourth-order valence-corrected chi connectivity index (χ4v) is 0.951. The zero-order chi connectivity index (χ0) is 8.27. The van der Waals surface area contributed by atoms with E-state index in [1.807, 2.05) is 6.07 Å². The predicted molar refractivity (Wildman–Crippen MR) is 44.8 cm³/mol. The van der Waals surface area contributed by atoms with Gasteiger partial charge in [-0.15, -0.1) is 11.6 Å². The molecule has 0 spiro atoms. The Balaban J connectivity index is 2.71. The third-order valence-corrected chi connectivity index (χ3v) is 2.09. The van der Waals surface area contributed by atoms with Crippen LogP contribution in [0.4, 0.5) is 0 Å². The van der Waals surface area contributed by atoms with E-state index in [1.54, 1.807) is 0 Å². The van der Waals surface area contributed by atoms with E-state index in [0.717, 1.165) is 17.9 Å². The van der Waals surface area contributed by atoms with Crippen molar-refractivity contribution in [2.75, 3.05) is 0 Å². The summed E-state index contributed by atoms with van der Waals surface area (Å²) < 4.78 is 5.07. The minimum Gasteiger partial charge on any atom is -0.361 e. The van der Waals surface area contributed by atoms with Crippen molar-refractivity contribution in [3.63, 3.8) is 0 Å². The van der Waals surface area contributed by atoms with Gasteiger partial charge in [-0.2, -0.15) is 0 Å². The smallest absolute Gasteiger partial charge is 0.139 e. The molecule has 1 unspecified atom stereocenters. The summed E-state index contributed by atoms with van der Waals surface area (Å²) in [7, 11) is 0. The monoisotopic (exact) mass is 173 g/mol. The largest absolute Gasteiger partial charge is 0.361 e. The van der Waals surface area contributed by atoms with E-state index in [2.05, 4.69) is 19.0 Å². The van der Waals surface area contributed by atoms with E-state index >= 15 is 0 Å². The van der Waals surface area contributed by atoms with Gasteiger partial charge in [0, 0.05) is 12.0 Å². The molecule has 0 aliphatic carbocycles. The summed E-state index contributed by atoms with van der Waals surface area (Å²) in [6.07, 6.45) is 1.07. The van der Waals surface area contributed by atoms with Crippen LogP contribution in [0.5, 0.6) is 0 Å². The molecule has 0 bridgehead atoms. The Morgan fingerprint density at radius 2 is 2.45 bits per heavy atom. The Labute approximate surface area is 71.5 Å². The minimum absolute atomic E-state index is 0.430. The molecule has 0 aromatic carbocycles. The zero-order valence-corrected chi connectivity index (χ0v) is 7.56. The summed E-state index contributed by atoms with van der Waals surface area (Å²) in [6, 6.07) is 1.92. The summed E-state index contributed by atoms with van der Waals surface area (Å²) in [5.74, 6) is 1.81. The summed E-state index contributed by atoms with van der Waals surface area (Å²) >= 11 is 5.57. The van der Waals surface area contributed by atoms with Crippen molar-refractivity contribution in [1.29, 1.82) is 0 Å². The number of alkyl halides is 1. The number of hydrogen-bond donors (Lipinski definition) is 0. The van der Waals surface area contributed by atoms with Gasteiger partial charge in [0.25, 0.3) is 0 Å². The van der Waals surface area contributed by atoms with E-state index in [9.17, 15) is 0 Å². The quantitative estimate of drug-likeness (QED) is 0.657. The molecule has 3 heteroatoms. The van der Waals surface area contributed by atoms with E-state index in [4.69, 9.17) is 16.1 Å². The SMILES string of the molecule is CCC(C)c1cc(CCl)no1. The third-order valence-electron chi connectivity index (χ3n) is 1.81. The first-order valence-corrected chi connectivity index (χ1v) is 4.32. The van der Waals surface area contributed by atoms with Crippen LogP contribution in [-0.2, 0) is 5.88 Å². The van der Waals surface area contributed by atoms with E-state index in [1.165, 1.54) is 0 Å². The summed E-state index contributed by atoms with van der Waals surface area (Å²) in [5.41, 5.74) is 0.821. The van der Waals surface area contributed by atoms with E-state index < -0.39 is 0 Å². The van der Waals surface area contributed by atoms with Gasteiger partial charge in [0.15, 0.2) is 0 Å². The van der Waals surface area contributed by atoms with Gasteiger partial charge in [-0.1, -0.05) is 19.0 Å². The highest BCUT2D eigenvalue weighted by atomic mass is 35.5. The number of halogens is 1. The molecule has 11 heavy (non-hydrogen) atoms. The first kappa shape index (κ1) is 8.60. The van der Waals surface area contributed by atoms with Crippen LogP contribution in [0.15, 0.2) is 10.6 Å². The topological polar surface area (TPSA) is 26.0 Å². The minimum atomic E-state index is 0.430. The van der Waals surface area contributed by atoms with Crippen LogP contribution >= 0.6 is 11.6 Å². The third kappa shape index (κ3) is 1.96. The number of rotatable bonds is 3. The van der Waals surface area contributed by atoms with Crippen LogP contribution in [0.1, 0.15) is 37.6 Å². The van der Waals surface area contributed by atoms with Crippen LogP contribution in [0.25, 0.3) is 0 Å². The lowest BCUT2D eigenvalue weighted by Gasteiger charge is -1.99. The highest BCUT2D eigenvalue weighted by Gasteiger charge is 2.08. The van der Waals surface area contributed by atoms with Crippen molar-refractivity contribution in [2.45, 2.75) is 32.1 Å². The van der Waals surface area contributed by atoms with Crippen molar-refractivity contribution in [3.05, 3.63) is 17.5 Å². The molecule has 62 valence electrons. The van der Waals surface area contributed by atoms with Crippen LogP contribution in [-0.4, -0.2) is 5.16 Å². The maximum atomic E-state index is 5.57. The van der Waals surface area contributed by atoms with Gasteiger partial charge >= 0.3 is 0 Å². The molecule has 2 nitrogen and oxygen atoms in total. The Hall–Kier alpha value is -0.500. The normalized spacial score (nSPS) is 13.4. The fraction of sp³-hybridized carbons (Fsp3) is 0.625. The predicted octanol–water partition coefficient (Wildman–Crippen LogP) is 2.93. The Kier molecular flexibility index (Phi) is 2.94. The summed E-state index contributed by atoms with van der Waals surface area (Å²) in [6.45, 7) is 4.23. The summed E-state index contributed by atoms with van der Waals surface area (Å²) in [5, 5.41) is 3.80. The standard InChI is InChI=1S/C8H12ClNO/c1-3-6(2)8-4-7(5-9)10-11-8/h4,6H,3,5H2,1-2H3. The van der Waals surface area contributed by atoms with Gasteiger partial charge in [-0.25, -0.2) is 0 Å². The molecule has 0 aliphatic rings. The number of nitrogens with zero attached hydrogens (tertiary/aromatic N) is 1. The van der Waals surface area contributed by atoms with E-state index in [-0.39, 0.29) is 0 Å². The van der Waals surface area contributed by atoms with Crippen LogP contribution in [0.3, 0.4) is 0 Å². The van der Waals surface area contributed by atoms with Gasteiger partial charge in [0.2, 0.25) is 0 Å². The maximum Gasteiger partial charge on any atom is 0.139 e. The first-order chi connectivity index (χ1) is 5.27. The van der Waals surface area contributed by atoms with Crippen LogP contribution < -0.4 is 0 Å².